The predicted molar refractivity (Wildman–Crippen MR) is 114 cm³/mol. The van der Waals surface area contributed by atoms with Crippen LogP contribution in [0, 0.1) is 19.7 Å². The van der Waals surface area contributed by atoms with E-state index in [1.54, 1.807) is 18.3 Å². The number of hydrogen-bond donors (Lipinski definition) is 1. The summed E-state index contributed by atoms with van der Waals surface area (Å²) in [5.74, 6) is 1.10. The van der Waals surface area contributed by atoms with Crippen molar-refractivity contribution in [2.75, 3.05) is 13.2 Å². The normalized spacial score (nSPS) is 18.6. The number of para-hydroxylation sites is 2. The maximum atomic E-state index is 14.3. The molecule has 0 spiro atoms. The summed E-state index contributed by atoms with van der Waals surface area (Å²) >= 11 is 0. The van der Waals surface area contributed by atoms with Crippen molar-refractivity contribution in [3.8, 4) is 28.5 Å². The summed E-state index contributed by atoms with van der Waals surface area (Å²) in [5.41, 5.74) is 3.34. The number of ether oxygens (including phenoxy) is 3. The molecular formula is C24H22FN3O4. The molecule has 7 nitrogen and oxygen atoms in total. The maximum Gasteiger partial charge on any atom is 0.264 e. The summed E-state index contributed by atoms with van der Waals surface area (Å²) in [6.45, 7) is 4.06. The Morgan fingerprint density at radius 2 is 2.00 bits per heavy atom. The van der Waals surface area contributed by atoms with Crippen molar-refractivity contribution >= 4 is 5.91 Å². The summed E-state index contributed by atoms with van der Waals surface area (Å²) in [6.07, 6.45) is 1.08. The second-order valence-corrected chi connectivity index (χ2v) is 7.94. The minimum Gasteiger partial charge on any atom is -0.487 e. The molecule has 2 atom stereocenters. The van der Waals surface area contributed by atoms with Gasteiger partial charge in [-0.15, -0.1) is 0 Å². The fraction of sp³-hybridized carbons (Fsp3) is 0.292. The molecule has 1 amide bonds. The molecule has 3 aromatic rings. The number of nitrogens with one attached hydrogen (secondary N) is 1. The lowest BCUT2D eigenvalue weighted by atomic mass is 10.0. The number of benzene rings is 2. The number of hydrogen-bond acceptors (Lipinski definition) is 6. The van der Waals surface area contributed by atoms with Crippen LogP contribution >= 0.6 is 0 Å². The minimum atomic E-state index is -0.744. The third-order valence-electron chi connectivity index (χ3n) is 5.50. The molecule has 0 unspecified atom stereocenters. The van der Waals surface area contributed by atoms with Gasteiger partial charge < -0.3 is 19.5 Å². The summed E-state index contributed by atoms with van der Waals surface area (Å²) < 4.78 is 31.8. The number of rotatable bonds is 4. The van der Waals surface area contributed by atoms with Gasteiger partial charge in [-0.05, 0) is 38.1 Å². The van der Waals surface area contributed by atoms with E-state index in [1.165, 1.54) is 12.1 Å². The van der Waals surface area contributed by atoms with Gasteiger partial charge in [0.25, 0.3) is 5.91 Å². The number of amides is 1. The van der Waals surface area contributed by atoms with E-state index in [4.69, 9.17) is 14.2 Å². The molecule has 32 heavy (non-hydrogen) atoms. The highest BCUT2D eigenvalue weighted by atomic mass is 19.1. The molecule has 0 saturated heterocycles. The molecule has 2 aromatic carbocycles. The highest BCUT2D eigenvalue weighted by molar-refractivity contribution is 5.82. The number of carbonyl (C=O) groups is 1. The molecule has 5 rings (SSSR count). The van der Waals surface area contributed by atoms with Gasteiger partial charge in [-0.25, -0.2) is 9.37 Å². The fourth-order valence-electron chi connectivity index (χ4n) is 3.95. The predicted octanol–water partition coefficient (Wildman–Crippen LogP) is 3.16. The number of fused-ring (bicyclic) bond motifs is 2. The van der Waals surface area contributed by atoms with Crippen molar-refractivity contribution in [1.29, 1.82) is 0 Å². The van der Waals surface area contributed by atoms with Crippen molar-refractivity contribution < 1.29 is 23.4 Å². The maximum absolute atomic E-state index is 14.3. The Morgan fingerprint density at radius 3 is 2.84 bits per heavy atom. The van der Waals surface area contributed by atoms with E-state index >= 15 is 0 Å². The van der Waals surface area contributed by atoms with Crippen LogP contribution in [-0.2, 0) is 11.2 Å². The van der Waals surface area contributed by atoms with Gasteiger partial charge in [0.15, 0.2) is 11.5 Å². The Balaban J connectivity index is 1.28. The molecule has 2 aliphatic rings. The molecule has 0 saturated carbocycles. The standard InChI is InChI=1S/C24H22FN3O4/c1-13-10-26-14(2)22(28-13)18-9-16(25)7-15-8-17(31-23(15)18)11-27-24(29)21-12-30-19-5-3-4-6-20(19)32-21/h3-7,9-10,17,21H,8,11-12H2,1-2H3,(H,27,29)/t17-,21-/m0/s1. The first-order valence-corrected chi connectivity index (χ1v) is 10.4. The van der Waals surface area contributed by atoms with E-state index < -0.39 is 6.10 Å². The molecule has 2 aliphatic heterocycles. The number of nitrogens with zero attached hydrogens (tertiary/aromatic N) is 2. The number of carbonyl (C=O) groups excluding carboxylic acids is 1. The fourth-order valence-corrected chi connectivity index (χ4v) is 3.95. The third-order valence-corrected chi connectivity index (χ3v) is 5.50. The van der Waals surface area contributed by atoms with Crippen LogP contribution in [0.25, 0.3) is 11.3 Å². The second-order valence-electron chi connectivity index (χ2n) is 7.94. The van der Waals surface area contributed by atoms with Gasteiger partial charge in [-0.1, -0.05) is 12.1 Å². The molecule has 164 valence electrons. The van der Waals surface area contributed by atoms with Crippen LogP contribution in [0.5, 0.6) is 17.2 Å². The van der Waals surface area contributed by atoms with Crippen LogP contribution in [0.1, 0.15) is 17.0 Å². The average Bonchev–Trinajstić information content (AvgIpc) is 3.21. The number of aryl methyl sites for hydroxylation is 2. The Hall–Kier alpha value is -3.68. The lowest BCUT2D eigenvalue weighted by molar-refractivity contribution is -0.130. The Kier molecular flexibility index (Phi) is 5.13. The van der Waals surface area contributed by atoms with Gasteiger partial charge in [-0.2, -0.15) is 0 Å². The van der Waals surface area contributed by atoms with Crippen molar-refractivity contribution in [3.63, 3.8) is 0 Å². The van der Waals surface area contributed by atoms with E-state index in [9.17, 15) is 9.18 Å². The van der Waals surface area contributed by atoms with E-state index in [2.05, 4.69) is 15.3 Å². The van der Waals surface area contributed by atoms with Gasteiger partial charge in [0.05, 0.1) is 23.6 Å². The summed E-state index contributed by atoms with van der Waals surface area (Å²) in [6, 6.07) is 10.1. The minimum absolute atomic E-state index is 0.134. The number of halogens is 1. The van der Waals surface area contributed by atoms with Crippen LogP contribution in [0.2, 0.25) is 0 Å². The lowest BCUT2D eigenvalue weighted by Gasteiger charge is -2.26. The smallest absolute Gasteiger partial charge is 0.264 e. The third kappa shape index (κ3) is 3.84. The van der Waals surface area contributed by atoms with E-state index in [0.29, 0.717) is 40.6 Å². The first-order chi connectivity index (χ1) is 15.5. The zero-order valence-electron chi connectivity index (χ0n) is 17.7. The van der Waals surface area contributed by atoms with E-state index in [1.807, 2.05) is 26.0 Å². The molecule has 0 bridgehead atoms. The van der Waals surface area contributed by atoms with Crippen molar-refractivity contribution in [2.24, 2.45) is 0 Å². The molecule has 1 N–H and O–H groups in total. The van der Waals surface area contributed by atoms with Crippen molar-refractivity contribution in [3.05, 3.63) is 65.4 Å². The van der Waals surface area contributed by atoms with E-state index in [0.717, 1.165) is 11.3 Å². The Bertz CT molecular complexity index is 1200. The largest absolute Gasteiger partial charge is 0.487 e. The lowest BCUT2D eigenvalue weighted by Crippen LogP contribution is -2.46. The monoisotopic (exact) mass is 435 g/mol. The average molecular weight is 435 g/mol. The Labute approximate surface area is 184 Å². The summed E-state index contributed by atoms with van der Waals surface area (Å²) in [4.78, 5) is 21.5. The molecule has 0 aliphatic carbocycles. The van der Waals surface area contributed by atoms with Gasteiger partial charge in [-0.3, -0.25) is 9.78 Å². The molecule has 1 aromatic heterocycles. The van der Waals surface area contributed by atoms with Crippen molar-refractivity contribution in [1.82, 2.24) is 15.3 Å². The molecule has 8 heteroatoms. The van der Waals surface area contributed by atoms with Crippen LogP contribution in [0.15, 0.2) is 42.6 Å². The van der Waals surface area contributed by atoms with Crippen LogP contribution in [-0.4, -0.2) is 41.2 Å². The zero-order valence-corrected chi connectivity index (χ0v) is 17.7. The van der Waals surface area contributed by atoms with Crippen molar-refractivity contribution in [2.45, 2.75) is 32.5 Å². The second kappa shape index (κ2) is 8.11. The molecule has 0 radical (unpaired) electrons. The quantitative estimate of drug-likeness (QED) is 0.678. The van der Waals surface area contributed by atoms with Gasteiger partial charge >= 0.3 is 0 Å². The Morgan fingerprint density at radius 1 is 1.19 bits per heavy atom. The van der Waals surface area contributed by atoms with Crippen LogP contribution < -0.4 is 19.5 Å². The summed E-state index contributed by atoms with van der Waals surface area (Å²) in [5, 5.41) is 2.86. The topological polar surface area (TPSA) is 82.6 Å². The molecule has 3 heterocycles. The highest BCUT2D eigenvalue weighted by Gasteiger charge is 2.31. The van der Waals surface area contributed by atoms with Gasteiger partial charge in [0, 0.05) is 23.7 Å². The number of aromatic nitrogens is 2. The molecular weight excluding hydrogens is 413 g/mol. The summed E-state index contributed by atoms with van der Waals surface area (Å²) in [7, 11) is 0. The van der Waals surface area contributed by atoms with Gasteiger partial charge in [0.2, 0.25) is 6.10 Å². The molecule has 0 fully saturated rings. The zero-order chi connectivity index (χ0) is 22.2. The van der Waals surface area contributed by atoms with E-state index in [-0.39, 0.29) is 31.0 Å². The first kappa shape index (κ1) is 20.2. The highest BCUT2D eigenvalue weighted by Crippen LogP contribution is 2.39. The van der Waals surface area contributed by atoms with Crippen LogP contribution in [0.4, 0.5) is 4.39 Å². The van der Waals surface area contributed by atoms with Gasteiger partial charge in [0.1, 0.15) is 24.3 Å². The SMILES string of the molecule is Cc1cnc(C)c(-c2cc(F)cc3c2O[C@H](CNC(=O)[C@@H]2COc4ccccc4O2)C3)n1. The first-order valence-electron chi connectivity index (χ1n) is 10.4. The van der Waals surface area contributed by atoms with Crippen LogP contribution in [0.3, 0.4) is 0 Å².